The Morgan fingerprint density at radius 3 is 2.18 bits per heavy atom. The molecular formula is C13H10O3S. The third-order valence-electron chi connectivity index (χ3n) is 2.35. The standard InChI is InChI=1S/C13H10O3S/c1-16-13(15)10-4-2-9(3-5-10)12(14)11-6-7-17-8-11/h2-8H,1H3. The monoisotopic (exact) mass is 246 g/mol. The van der Waals surface area contributed by atoms with Crippen LogP contribution >= 0.6 is 11.3 Å². The lowest BCUT2D eigenvalue weighted by Gasteiger charge is -2.01. The largest absolute Gasteiger partial charge is 0.465 e. The molecule has 2 rings (SSSR count). The molecule has 0 atom stereocenters. The number of methoxy groups -OCH3 is 1. The average molecular weight is 246 g/mol. The van der Waals surface area contributed by atoms with Crippen LogP contribution < -0.4 is 0 Å². The van der Waals surface area contributed by atoms with Crippen LogP contribution in [0, 0.1) is 0 Å². The van der Waals surface area contributed by atoms with Crippen LogP contribution in [-0.4, -0.2) is 18.9 Å². The van der Waals surface area contributed by atoms with Crippen molar-refractivity contribution in [3.8, 4) is 0 Å². The molecule has 0 bridgehead atoms. The van der Waals surface area contributed by atoms with E-state index in [2.05, 4.69) is 4.74 Å². The number of ketones is 1. The number of ether oxygens (including phenoxy) is 1. The van der Waals surface area contributed by atoms with Crippen molar-refractivity contribution in [3.05, 3.63) is 57.8 Å². The molecule has 1 aromatic heterocycles. The first-order valence-corrected chi connectivity index (χ1v) is 5.92. The first-order valence-electron chi connectivity index (χ1n) is 4.97. The summed E-state index contributed by atoms with van der Waals surface area (Å²) in [7, 11) is 1.33. The van der Waals surface area contributed by atoms with Crippen molar-refractivity contribution in [1.29, 1.82) is 0 Å². The SMILES string of the molecule is COC(=O)c1ccc(C(=O)c2ccsc2)cc1. The Morgan fingerprint density at radius 1 is 1.00 bits per heavy atom. The zero-order valence-electron chi connectivity index (χ0n) is 9.17. The van der Waals surface area contributed by atoms with E-state index in [0.717, 1.165) is 0 Å². The number of esters is 1. The quantitative estimate of drug-likeness (QED) is 0.618. The third-order valence-corrected chi connectivity index (χ3v) is 3.03. The maximum Gasteiger partial charge on any atom is 0.337 e. The second-order valence-electron chi connectivity index (χ2n) is 3.41. The minimum Gasteiger partial charge on any atom is -0.465 e. The summed E-state index contributed by atoms with van der Waals surface area (Å²) in [5.74, 6) is -0.442. The van der Waals surface area contributed by atoms with Crippen LogP contribution in [0.1, 0.15) is 26.3 Å². The van der Waals surface area contributed by atoms with Crippen molar-refractivity contribution < 1.29 is 14.3 Å². The lowest BCUT2D eigenvalue weighted by molar-refractivity contribution is 0.0600. The molecule has 0 amide bonds. The number of hydrogen-bond acceptors (Lipinski definition) is 4. The van der Waals surface area contributed by atoms with E-state index in [0.29, 0.717) is 16.7 Å². The van der Waals surface area contributed by atoms with E-state index in [9.17, 15) is 9.59 Å². The van der Waals surface area contributed by atoms with E-state index >= 15 is 0 Å². The Labute approximate surface area is 103 Å². The van der Waals surface area contributed by atoms with Crippen molar-refractivity contribution in [2.75, 3.05) is 7.11 Å². The molecule has 0 radical (unpaired) electrons. The molecule has 0 aliphatic rings. The van der Waals surface area contributed by atoms with Gasteiger partial charge in [-0.25, -0.2) is 4.79 Å². The molecule has 86 valence electrons. The molecule has 4 heteroatoms. The molecule has 2 aromatic rings. The van der Waals surface area contributed by atoms with Gasteiger partial charge in [0.05, 0.1) is 12.7 Å². The van der Waals surface area contributed by atoms with Crippen LogP contribution in [0.15, 0.2) is 41.1 Å². The summed E-state index contributed by atoms with van der Waals surface area (Å²) in [5.41, 5.74) is 1.67. The molecule has 0 spiro atoms. The summed E-state index contributed by atoms with van der Waals surface area (Å²) in [6.07, 6.45) is 0. The van der Waals surface area contributed by atoms with Crippen LogP contribution in [0.3, 0.4) is 0 Å². The van der Waals surface area contributed by atoms with Gasteiger partial charge in [-0.3, -0.25) is 4.79 Å². The minimum absolute atomic E-state index is 0.0392. The molecule has 0 saturated carbocycles. The smallest absolute Gasteiger partial charge is 0.337 e. The summed E-state index contributed by atoms with van der Waals surface area (Å²) in [5, 5.41) is 3.66. The van der Waals surface area contributed by atoms with Gasteiger partial charge in [-0.15, -0.1) is 0 Å². The third kappa shape index (κ3) is 2.42. The second kappa shape index (κ2) is 4.93. The van der Waals surface area contributed by atoms with Crippen molar-refractivity contribution in [1.82, 2.24) is 0 Å². The zero-order valence-corrected chi connectivity index (χ0v) is 9.99. The van der Waals surface area contributed by atoms with E-state index in [-0.39, 0.29) is 5.78 Å². The normalized spacial score (nSPS) is 9.94. The van der Waals surface area contributed by atoms with Crippen molar-refractivity contribution in [2.24, 2.45) is 0 Å². The molecule has 0 aliphatic heterocycles. The fourth-order valence-corrected chi connectivity index (χ4v) is 2.07. The maximum absolute atomic E-state index is 11.9. The highest BCUT2D eigenvalue weighted by Gasteiger charge is 2.10. The van der Waals surface area contributed by atoms with Crippen molar-refractivity contribution in [3.63, 3.8) is 0 Å². The molecule has 0 unspecified atom stereocenters. The predicted octanol–water partition coefficient (Wildman–Crippen LogP) is 2.77. The first kappa shape index (κ1) is 11.5. The van der Waals surface area contributed by atoms with Crippen molar-refractivity contribution >= 4 is 23.1 Å². The fraction of sp³-hybridized carbons (Fsp3) is 0.0769. The van der Waals surface area contributed by atoms with E-state index in [1.54, 1.807) is 35.7 Å². The average Bonchev–Trinajstić information content (AvgIpc) is 2.91. The van der Waals surface area contributed by atoms with Gasteiger partial charge in [0.15, 0.2) is 5.78 Å². The molecular weight excluding hydrogens is 236 g/mol. The summed E-state index contributed by atoms with van der Waals surface area (Å²) < 4.78 is 4.59. The van der Waals surface area contributed by atoms with Gasteiger partial charge in [-0.2, -0.15) is 11.3 Å². The van der Waals surface area contributed by atoms with Crippen LogP contribution in [0.4, 0.5) is 0 Å². The molecule has 0 saturated heterocycles. The van der Waals surface area contributed by atoms with Gasteiger partial charge in [-0.05, 0) is 23.6 Å². The van der Waals surface area contributed by atoms with E-state index in [4.69, 9.17) is 0 Å². The minimum atomic E-state index is -0.403. The maximum atomic E-state index is 11.9. The van der Waals surface area contributed by atoms with Gasteiger partial charge in [0.2, 0.25) is 0 Å². The van der Waals surface area contributed by atoms with Crippen molar-refractivity contribution in [2.45, 2.75) is 0 Å². The number of rotatable bonds is 3. The Hall–Kier alpha value is -1.94. The van der Waals surface area contributed by atoms with Gasteiger partial charge < -0.3 is 4.74 Å². The Bertz CT molecular complexity index is 526. The van der Waals surface area contributed by atoms with E-state index in [1.807, 2.05) is 5.38 Å². The molecule has 17 heavy (non-hydrogen) atoms. The lowest BCUT2D eigenvalue weighted by atomic mass is 10.0. The fourth-order valence-electron chi connectivity index (χ4n) is 1.44. The number of thiophene rings is 1. The molecule has 3 nitrogen and oxygen atoms in total. The molecule has 0 N–H and O–H groups in total. The van der Waals surface area contributed by atoms with Gasteiger partial charge in [0, 0.05) is 16.5 Å². The second-order valence-corrected chi connectivity index (χ2v) is 4.19. The number of benzene rings is 1. The zero-order chi connectivity index (χ0) is 12.3. The van der Waals surface area contributed by atoms with Gasteiger partial charge in [-0.1, -0.05) is 12.1 Å². The number of carbonyl (C=O) groups is 2. The first-order chi connectivity index (χ1) is 8.22. The highest BCUT2D eigenvalue weighted by molar-refractivity contribution is 7.08. The van der Waals surface area contributed by atoms with Gasteiger partial charge in [0.1, 0.15) is 0 Å². The van der Waals surface area contributed by atoms with E-state index in [1.165, 1.54) is 18.4 Å². The Morgan fingerprint density at radius 2 is 1.65 bits per heavy atom. The van der Waals surface area contributed by atoms with Crippen LogP contribution in [0.25, 0.3) is 0 Å². The topological polar surface area (TPSA) is 43.4 Å². The summed E-state index contributed by atoms with van der Waals surface area (Å²) in [6.45, 7) is 0. The van der Waals surface area contributed by atoms with Crippen LogP contribution in [0.5, 0.6) is 0 Å². The van der Waals surface area contributed by atoms with Crippen LogP contribution in [-0.2, 0) is 4.74 Å². The Balaban J connectivity index is 2.24. The highest BCUT2D eigenvalue weighted by atomic mass is 32.1. The summed E-state index contributed by atoms with van der Waals surface area (Å²) in [4.78, 5) is 23.2. The molecule has 1 aromatic carbocycles. The van der Waals surface area contributed by atoms with Gasteiger partial charge >= 0.3 is 5.97 Å². The molecule has 0 aliphatic carbocycles. The summed E-state index contributed by atoms with van der Waals surface area (Å²) in [6, 6.07) is 8.22. The van der Waals surface area contributed by atoms with Crippen LogP contribution in [0.2, 0.25) is 0 Å². The summed E-state index contributed by atoms with van der Waals surface area (Å²) >= 11 is 1.48. The number of hydrogen-bond donors (Lipinski definition) is 0. The molecule has 1 heterocycles. The predicted molar refractivity (Wildman–Crippen MR) is 65.5 cm³/mol. The van der Waals surface area contributed by atoms with Gasteiger partial charge in [0.25, 0.3) is 0 Å². The Kier molecular flexibility index (Phi) is 3.35. The number of carbonyl (C=O) groups excluding carboxylic acids is 2. The van der Waals surface area contributed by atoms with E-state index < -0.39 is 5.97 Å². The lowest BCUT2D eigenvalue weighted by Crippen LogP contribution is -2.03. The molecule has 0 fully saturated rings. The highest BCUT2D eigenvalue weighted by Crippen LogP contribution is 2.14.